The van der Waals surface area contributed by atoms with Gasteiger partial charge in [0.25, 0.3) is 11.8 Å². The van der Waals surface area contributed by atoms with Crippen molar-refractivity contribution in [1.29, 1.82) is 0 Å². The second kappa shape index (κ2) is 6.33. The number of fused-ring (bicyclic) bond motifs is 3. The summed E-state index contributed by atoms with van der Waals surface area (Å²) in [7, 11) is 2.71. The lowest BCUT2D eigenvalue weighted by molar-refractivity contribution is -0.170. The van der Waals surface area contributed by atoms with E-state index in [1.807, 2.05) is 0 Å². The van der Waals surface area contributed by atoms with E-state index in [9.17, 15) is 19.5 Å². The number of rotatable bonds is 1. The second-order valence-corrected chi connectivity index (χ2v) is 10.9. The molecule has 0 aromatic carbocycles. The van der Waals surface area contributed by atoms with Gasteiger partial charge in [-0.05, 0) is 23.3 Å². The highest BCUT2D eigenvalue weighted by molar-refractivity contribution is 8.78. The molecule has 7 aliphatic heterocycles. The van der Waals surface area contributed by atoms with Gasteiger partial charge in [0.2, 0.25) is 0 Å². The largest absolute Gasteiger partial charge is 0.473 e. The minimum atomic E-state index is -1.20. The molecule has 2 bridgehead atoms. The maximum atomic E-state index is 14.0. The van der Waals surface area contributed by atoms with Gasteiger partial charge in [0.1, 0.15) is 6.10 Å². The van der Waals surface area contributed by atoms with E-state index in [0.29, 0.717) is 11.1 Å². The standard InChI is InChI=1S/C20H18N2O7S2/c1-10(23)29-14-3-5-28-9-12-7-20-17(25)21-15-11(8-27-4-2-13(15)24)6-19(21,30-31-20)18(26)22(20)16(12)14/h2-5,8-9,13-16,24H,6-7H2,1H3/t13-,14-,15-,16-,19+,20+/m0/s1. The van der Waals surface area contributed by atoms with Crippen molar-refractivity contribution in [3.63, 3.8) is 0 Å². The summed E-state index contributed by atoms with van der Waals surface area (Å²) >= 11 is 0. The number of nitrogens with zero attached hydrogens (tertiary/aromatic N) is 2. The Bertz CT molecular complexity index is 1040. The van der Waals surface area contributed by atoms with Crippen molar-refractivity contribution < 1.29 is 33.7 Å². The molecule has 1 N–H and O–H groups in total. The van der Waals surface area contributed by atoms with Crippen LogP contribution in [0.2, 0.25) is 0 Å². The van der Waals surface area contributed by atoms with Crippen LogP contribution in [0.3, 0.4) is 0 Å². The normalized spacial score (nSPS) is 41.7. The summed E-state index contributed by atoms with van der Waals surface area (Å²) in [5, 5.41) is 10.7. The number of hydrogen-bond donors (Lipinski definition) is 1. The van der Waals surface area contributed by atoms with Gasteiger partial charge in [-0.3, -0.25) is 14.4 Å². The van der Waals surface area contributed by atoms with Gasteiger partial charge >= 0.3 is 5.97 Å². The second-order valence-electron chi connectivity index (χ2n) is 8.21. The van der Waals surface area contributed by atoms with Crippen molar-refractivity contribution in [1.82, 2.24) is 9.80 Å². The minimum Gasteiger partial charge on any atom is -0.473 e. The van der Waals surface area contributed by atoms with E-state index in [0.717, 1.165) is 0 Å². The summed E-state index contributed by atoms with van der Waals surface area (Å²) < 4.78 is 16.3. The molecule has 2 spiro atoms. The Morgan fingerprint density at radius 3 is 2.19 bits per heavy atom. The van der Waals surface area contributed by atoms with Crippen LogP contribution in [0.1, 0.15) is 19.8 Å². The highest BCUT2D eigenvalue weighted by atomic mass is 33.1. The summed E-state index contributed by atoms with van der Waals surface area (Å²) in [6.45, 7) is 1.31. The van der Waals surface area contributed by atoms with Crippen LogP contribution < -0.4 is 0 Å². The first-order valence-corrected chi connectivity index (χ1v) is 12.0. The van der Waals surface area contributed by atoms with Crippen molar-refractivity contribution >= 4 is 39.4 Å². The Morgan fingerprint density at radius 1 is 1.03 bits per heavy atom. The number of ether oxygens (including phenoxy) is 3. The van der Waals surface area contributed by atoms with Crippen LogP contribution in [0.4, 0.5) is 0 Å². The van der Waals surface area contributed by atoms with Crippen molar-refractivity contribution in [2.75, 3.05) is 0 Å². The number of esters is 1. The van der Waals surface area contributed by atoms with Gasteiger partial charge in [0.05, 0.1) is 43.2 Å². The number of piperazine rings is 1. The maximum absolute atomic E-state index is 14.0. The predicted octanol–water partition coefficient (Wildman–Crippen LogP) is 1.14. The molecule has 162 valence electrons. The molecule has 0 aromatic heterocycles. The number of hydrogen-bond acceptors (Lipinski definition) is 9. The molecule has 0 aromatic rings. The van der Waals surface area contributed by atoms with Crippen LogP contribution in [0.15, 0.2) is 48.3 Å². The molecule has 7 aliphatic rings. The molecule has 5 fully saturated rings. The molecule has 0 radical (unpaired) electrons. The Balaban J connectivity index is 1.49. The van der Waals surface area contributed by atoms with Crippen LogP contribution >= 0.6 is 21.6 Å². The molecule has 7 heterocycles. The maximum Gasteiger partial charge on any atom is 0.303 e. The molecule has 7 rings (SSSR count). The van der Waals surface area contributed by atoms with E-state index in [2.05, 4.69) is 0 Å². The van der Waals surface area contributed by atoms with Crippen molar-refractivity contribution in [3.05, 3.63) is 48.3 Å². The van der Waals surface area contributed by atoms with Gasteiger partial charge in [-0.15, -0.1) is 0 Å². The molecular weight excluding hydrogens is 444 g/mol. The zero-order valence-corrected chi connectivity index (χ0v) is 17.9. The molecule has 0 saturated carbocycles. The summed E-state index contributed by atoms with van der Waals surface area (Å²) in [6, 6.07) is -1.30. The molecular formula is C20H18N2O7S2. The van der Waals surface area contributed by atoms with E-state index in [4.69, 9.17) is 14.2 Å². The summed E-state index contributed by atoms with van der Waals surface area (Å²) in [5.41, 5.74) is 1.41. The Kier molecular flexibility index (Phi) is 3.95. The zero-order valence-electron chi connectivity index (χ0n) is 16.3. The van der Waals surface area contributed by atoms with Gasteiger partial charge < -0.3 is 29.1 Å². The number of aliphatic hydroxyl groups excluding tert-OH is 1. The van der Waals surface area contributed by atoms with Crippen LogP contribution in [-0.4, -0.2) is 66.7 Å². The molecule has 6 atom stereocenters. The Hall–Kier alpha value is -2.37. The minimum absolute atomic E-state index is 0.234. The third-order valence-corrected chi connectivity index (χ3v) is 10.1. The number of aliphatic hydroxyl groups is 1. The van der Waals surface area contributed by atoms with Crippen molar-refractivity contribution in [2.45, 2.75) is 53.8 Å². The lowest BCUT2D eigenvalue weighted by Crippen LogP contribution is -2.77. The van der Waals surface area contributed by atoms with Gasteiger partial charge in [-0.1, -0.05) is 21.6 Å². The van der Waals surface area contributed by atoms with Crippen LogP contribution in [-0.2, 0) is 28.6 Å². The lowest BCUT2D eigenvalue weighted by atomic mass is 10.0. The van der Waals surface area contributed by atoms with Gasteiger partial charge in [-0.25, -0.2) is 0 Å². The molecule has 2 amide bonds. The molecule has 9 nitrogen and oxygen atoms in total. The fraction of sp³-hybridized carbons (Fsp3) is 0.450. The first kappa shape index (κ1) is 19.3. The van der Waals surface area contributed by atoms with Gasteiger partial charge in [0.15, 0.2) is 9.74 Å². The van der Waals surface area contributed by atoms with E-state index in [1.54, 1.807) is 15.9 Å². The average molecular weight is 463 g/mol. The highest BCUT2D eigenvalue weighted by Gasteiger charge is 2.77. The number of amides is 2. The van der Waals surface area contributed by atoms with Crippen molar-refractivity contribution in [3.8, 4) is 0 Å². The SMILES string of the molecule is CC(=O)O[C@H]1C=COC=C2C[C@@]34SS[C@]5(CC6=COC=C[C@H](O)[C@H]6N5C3=O)C(=O)N4[C@@H]21. The number of carbonyl (C=O) groups is 3. The third-order valence-electron chi connectivity index (χ3n) is 6.48. The first-order valence-electron chi connectivity index (χ1n) is 9.81. The molecule has 11 heteroatoms. The third kappa shape index (κ3) is 2.31. The molecule has 0 aliphatic carbocycles. The lowest BCUT2D eigenvalue weighted by Gasteiger charge is -2.58. The Labute approximate surface area is 185 Å². The van der Waals surface area contributed by atoms with E-state index < -0.39 is 40.0 Å². The fourth-order valence-electron chi connectivity index (χ4n) is 5.34. The Morgan fingerprint density at radius 2 is 1.58 bits per heavy atom. The average Bonchev–Trinajstić information content (AvgIpc) is 3.11. The zero-order chi connectivity index (χ0) is 21.5. The van der Waals surface area contributed by atoms with Gasteiger partial charge in [0, 0.05) is 19.8 Å². The first-order chi connectivity index (χ1) is 14.9. The van der Waals surface area contributed by atoms with Crippen LogP contribution in [0.25, 0.3) is 0 Å². The van der Waals surface area contributed by atoms with E-state index in [-0.39, 0.29) is 24.7 Å². The molecule has 5 saturated heterocycles. The van der Waals surface area contributed by atoms with E-state index >= 15 is 0 Å². The summed E-state index contributed by atoms with van der Waals surface area (Å²) in [5.74, 6) is -0.958. The fourth-order valence-corrected chi connectivity index (χ4v) is 9.05. The smallest absolute Gasteiger partial charge is 0.303 e. The van der Waals surface area contributed by atoms with E-state index in [1.165, 1.54) is 59.6 Å². The van der Waals surface area contributed by atoms with Crippen LogP contribution in [0.5, 0.6) is 0 Å². The molecule has 0 unspecified atom stereocenters. The monoisotopic (exact) mass is 462 g/mol. The van der Waals surface area contributed by atoms with Crippen LogP contribution in [0, 0.1) is 0 Å². The molecule has 31 heavy (non-hydrogen) atoms. The topological polar surface area (TPSA) is 106 Å². The summed E-state index contributed by atoms with van der Waals surface area (Å²) in [4.78, 5) is 40.5. The number of carbonyl (C=O) groups excluding carboxylic acids is 3. The predicted molar refractivity (Wildman–Crippen MR) is 109 cm³/mol. The quantitative estimate of drug-likeness (QED) is 0.454. The highest BCUT2D eigenvalue weighted by Crippen LogP contribution is 2.69. The van der Waals surface area contributed by atoms with Gasteiger partial charge in [-0.2, -0.15) is 0 Å². The van der Waals surface area contributed by atoms with Crippen molar-refractivity contribution in [2.24, 2.45) is 0 Å². The summed E-state index contributed by atoms with van der Waals surface area (Å²) in [6.07, 6.45) is 7.68.